The van der Waals surface area contributed by atoms with Gasteiger partial charge in [0, 0.05) is 31.2 Å². The first-order chi connectivity index (χ1) is 10.4. The maximum absolute atomic E-state index is 12.2. The van der Waals surface area contributed by atoms with Crippen LogP contribution in [-0.4, -0.2) is 54.3 Å². The van der Waals surface area contributed by atoms with E-state index in [1.165, 1.54) is 18.1 Å². The first-order valence-corrected chi connectivity index (χ1v) is 7.31. The number of amides is 1. The number of carbonyl (C=O) groups excluding carboxylic acids is 1. The van der Waals surface area contributed by atoms with Gasteiger partial charge >= 0.3 is 5.97 Å². The van der Waals surface area contributed by atoms with Crippen LogP contribution in [0, 0.1) is 0 Å². The van der Waals surface area contributed by atoms with Crippen molar-refractivity contribution in [2.24, 2.45) is 0 Å². The van der Waals surface area contributed by atoms with Crippen molar-refractivity contribution >= 4 is 35.1 Å². The first-order valence-electron chi connectivity index (χ1n) is 6.55. The summed E-state index contributed by atoms with van der Waals surface area (Å²) in [5.41, 5.74) is 0. The van der Waals surface area contributed by atoms with Gasteiger partial charge in [-0.15, -0.1) is 0 Å². The van der Waals surface area contributed by atoms with Gasteiger partial charge in [-0.1, -0.05) is 23.2 Å². The minimum Gasteiger partial charge on any atom is -0.482 e. The number of aliphatic carboxylic acids is 1. The number of benzene rings is 1. The standard InChI is InChI=1S/C14H15Cl2NO5/c1-21-9-5-11(14(19)20)17(6-9)13(18)7-22-12-4-8(15)2-3-10(12)16/h2-4,9,11H,5-7H2,1H3,(H,19,20). The van der Waals surface area contributed by atoms with Crippen molar-refractivity contribution in [1.29, 1.82) is 0 Å². The predicted molar refractivity (Wildman–Crippen MR) is 80.5 cm³/mol. The van der Waals surface area contributed by atoms with E-state index in [4.69, 9.17) is 32.7 Å². The number of hydrogen-bond donors (Lipinski definition) is 1. The molecule has 1 N–H and O–H groups in total. The van der Waals surface area contributed by atoms with E-state index in [0.717, 1.165) is 0 Å². The number of methoxy groups -OCH3 is 1. The van der Waals surface area contributed by atoms with Gasteiger partial charge in [-0.3, -0.25) is 4.79 Å². The van der Waals surface area contributed by atoms with Gasteiger partial charge in [0.25, 0.3) is 5.91 Å². The van der Waals surface area contributed by atoms with Crippen LogP contribution in [0.5, 0.6) is 5.75 Å². The number of carboxylic acids is 1. The van der Waals surface area contributed by atoms with Crippen LogP contribution in [0.15, 0.2) is 18.2 Å². The van der Waals surface area contributed by atoms with E-state index in [0.29, 0.717) is 10.0 Å². The summed E-state index contributed by atoms with van der Waals surface area (Å²) in [5, 5.41) is 9.93. The van der Waals surface area contributed by atoms with E-state index in [2.05, 4.69) is 0 Å². The second-order valence-electron chi connectivity index (χ2n) is 4.86. The SMILES string of the molecule is COC1CC(C(=O)O)N(C(=O)COc2cc(Cl)ccc2Cl)C1. The Morgan fingerprint density at radius 2 is 2.14 bits per heavy atom. The lowest BCUT2D eigenvalue weighted by Crippen LogP contribution is -2.43. The van der Waals surface area contributed by atoms with Crippen LogP contribution < -0.4 is 4.74 Å². The number of likely N-dealkylation sites (tertiary alicyclic amines) is 1. The van der Waals surface area contributed by atoms with Crippen LogP contribution in [0.4, 0.5) is 0 Å². The summed E-state index contributed by atoms with van der Waals surface area (Å²) in [6, 6.07) is 3.74. The molecular formula is C14H15Cl2NO5. The third-order valence-electron chi connectivity index (χ3n) is 3.45. The lowest BCUT2D eigenvalue weighted by Gasteiger charge is -2.21. The fourth-order valence-corrected chi connectivity index (χ4v) is 2.62. The normalized spacial score (nSPS) is 21.0. The van der Waals surface area contributed by atoms with Gasteiger partial charge in [-0.25, -0.2) is 4.79 Å². The maximum atomic E-state index is 12.2. The smallest absolute Gasteiger partial charge is 0.326 e. The summed E-state index contributed by atoms with van der Waals surface area (Å²) in [6.45, 7) is -0.0980. The first kappa shape index (κ1) is 16.9. The Morgan fingerprint density at radius 1 is 1.41 bits per heavy atom. The molecule has 1 fully saturated rings. The van der Waals surface area contributed by atoms with Gasteiger partial charge in [0.2, 0.25) is 0 Å². The molecule has 0 saturated carbocycles. The number of rotatable bonds is 5. The van der Waals surface area contributed by atoms with E-state index < -0.39 is 17.9 Å². The second kappa shape index (κ2) is 7.17. The highest BCUT2D eigenvalue weighted by Gasteiger charge is 2.39. The highest BCUT2D eigenvalue weighted by Crippen LogP contribution is 2.28. The topological polar surface area (TPSA) is 76.1 Å². The molecule has 1 aromatic rings. The molecule has 1 heterocycles. The molecule has 1 saturated heterocycles. The van der Waals surface area contributed by atoms with Crippen molar-refractivity contribution in [3.05, 3.63) is 28.2 Å². The molecular weight excluding hydrogens is 333 g/mol. The number of carboxylic acid groups (broad SMARTS) is 1. The molecule has 1 aromatic carbocycles. The van der Waals surface area contributed by atoms with Crippen LogP contribution in [0.3, 0.4) is 0 Å². The van der Waals surface area contributed by atoms with Crippen LogP contribution in [0.1, 0.15) is 6.42 Å². The Kier molecular flexibility index (Phi) is 5.50. The van der Waals surface area contributed by atoms with Crippen LogP contribution in [-0.2, 0) is 14.3 Å². The minimum absolute atomic E-state index is 0.221. The molecule has 0 aromatic heterocycles. The summed E-state index contributed by atoms with van der Waals surface area (Å²) in [6.07, 6.45) is -0.0324. The van der Waals surface area contributed by atoms with Crippen molar-refractivity contribution in [1.82, 2.24) is 4.90 Å². The van der Waals surface area contributed by atoms with Gasteiger partial charge in [-0.2, -0.15) is 0 Å². The fraction of sp³-hybridized carbons (Fsp3) is 0.429. The number of hydrogen-bond acceptors (Lipinski definition) is 4. The molecule has 2 atom stereocenters. The maximum Gasteiger partial charge on any atom is 0.326 e. The van der Waals surface area contributed by atoms with Crippen molar-refractivity contribution in [2.45, 2.75) is 18.6 Å². The molecule has 2 rings (SSSR count). The quantitative estimate of drug-likeness (QED) is 0.882. The van der Waals surface area contributed by atoms with E-state index in [1.54, 1.807) is 12.1 Å². The number of nitrogens with zero attached hydrogens (tertiary/aromatic N) is 1. The molecule has 22 heavy (non-hydrogen) atoms. The molecule has 1 aliphatic heterocycles. The van der Waals surface area contributed by atoms with Crippen molar-refractivity contribution in [3.8, 4) is 5.75 Å². The second-order valence-corrected chi connectivity index (χ2v) is 5.70. The highest BCUT2D eigenvalue weighted by atomic mass is 35.5. The zero-order valence-electron chi connectivity index (χ0n) is 11.8. The molecule has 120 valence electrons. The Morgan fingerprint density at radius 3 is 2.77 bits per heavy atom. The number of carbonyl (C=O) groups is 2. The average Bonchev–Trinajstić information content (AvgIpc) is 2.92. The molecule has 0 spiro atoms. The average molecular weight is 348 g/mol. The summed E-state index contributed by atoms with van der Waals surface area (Å²) in [4.78, 5) is 24.7. The van der Waals surface area contributed by atoms with E-state index in [-0.39, 0.29) is 31.4 Å². The van der Waals surface area contributed by atoms with E-state index in [9.17, 15) is 14.7 Å². The molecule has 0 aliphatic carbocycles. The van der Waals surface area contributed by atoms with Crippen LogP contribution >= 0.6 is 23.2 Å². The molecule has 1 aliphatic rings. The largest absolute Gasteiger partial charge is 0.482 e. The summed E-state index contributed by atoms with van der Waals surface area (Å²) in [5.74, 6) is -1.23. The molecule has 2 unspecified atom stereocenters. The summed E-state index contributed by atoms with van der Waals surface area (Å²) < 4.78 is 10.5. The Bertz CT molecular complexity index is 580. The van der Waals surface area contributed by atoms with Crippen LogP contribution in [0.2, 0.25) is 10.0 Å². The third-order valence-corrected chi connectivity index (χ3v) is 3.99. The highest BCUT2D eigenvalue weighted by molar-refractivity contribution is 6.34. The molecule has 1 amide bonds. The fourth-order valence-electron chi connectivity index (χ4n) is 2.29. The molecule has 0 bridgehead atoms. The van der Waals surface area contributed by atoms with Crippen molar-refractivity contribution < 1.29 is 24.2 Å². The van der Waals surface area contributed by atoms with Gasteiger partial charge in [-0.05, 0) is 12.1 Å². The number of halogens is 2. The predicted octanol–water partition coefficient (Wildman–Crippen LogP) is 2.07. The molecule has 6 nitrogen and oxygen atoms in total. The Labute approximate surface area is 137 Å². The third kappa shape index (κ3) is 3.82. The number of ether oxygens (including phenoxy) is 2. The van der Waals surface area contributed by atoms with Crippen LogP contribution in [0.25, 0.3) is 0 Å². The van der Waals surface area contributed by atoms with Gasteiger partial charge in [0.05, 0.1) is 11.1 Å². The van der Waals surface area contributed by atoms with E-state index in [1.807, 2.05) is 0 Å². The lowest BCUT2D eigenvalue weighted by molar-refractivity contribution is -0.148. The van der Waals surface area contributed by atoms with E-state index >= 15 is 0 Å². The Hall–Kier alpha value is -1.50. The summed E-state index contributed by atoms with van der Waals surface area (Å²) >= 11 is 11.8. The minimum atomic E-state index is -1.06. The monoisotopic (exact) mass is 347 g/mol. The zero-order chi connectivity index (χ0) is 16.3. The van der Waals surface area contributed by atoms with Crippen molar-refractivity contribution in [3.63, 3.8) is 0 Å². The van der Waals surface area contributed by atoms with Gasteiger partial charge < -0.3 is 19.5 Å². The molecule has 0 radical (unpaired) electrons. The zero-order valence-corrected chi connectivity index (χ0v) is 13.3. The summed E-state index contributed by atoms with van der Waals surface area (Å²) in [7, 11) is 1.49. The molecule has 8 heteroatoms. The van der Waals surface area contributed by atoms with Crippen molar-refractivity contribution in [2.75, 3.05) is 20.3 Å². The van der Waals surface area contributed by atoms with Gasteiger partial charge in [0.15, 0.2) is 6.61 Å². The van der Waals surface area contributed by atoms with Gasteiger partial charge in [0.1, 0.15) is 11.8 Å². The lowest BCUT2D eigenvalue weighted by atomic mass is 10.2. The Balaban J connectivity index is 2.02.